The molecule has 0 bridgehead atoms. The van der Waals surface area contributed by atoms with Crippen molar-refractivity contribution < 1.29 is 9.53 Å². The van der Waals surface area contributed by atoms with Crippen LogP contribution in [-0.4, -0.2) is 11.5 Å². The van der Waals surface area contributed by atoms with Gasteiger partial charge in [-0.15, -0.1) is 0 Å². The van der Waals surface area contributed by atoms with Crippen molar-refractivity contribution in [3.05, 3.63) is 35.9 Å². The van der Waals surface area contributed by atoms with Crippen LogP contribution < -0.4 is 5.73 Å². The van der Waals surface area contributed by atoms with Crippen LogP contribution in [0.2, 0.25) is 0 Å². The normalized spacial score (nSPS) is 26.9. The number of nitrogens with two attached hydrogens (primary N) is 1. The number of carbonyl (C=O) groups excluding carboxylic acids is 1. The number of hydrogen-bond acceptors (Lipinski definition) is 4. The highest BCUT2D eigenvalue weighted by molar-refractivity contribution is 5.79. The molecule has 1 aromatic rings. The summed E-state index contributed by atoms with van der Waals surface area (Å²) in [7, 11) is 0. The number of nitriles is 1. The van der Waals surface area contributed by atoms with E-state index < -0.39 is 11.5 Å². The number of nitrogens with zero attached hydrogens (tertiary/aromatic N) is 1. The second-order valence-corrected chi connectivity index (χ2v) is 4.00. The summed E-state index contributed by atoms with van der Waals surface area (Å²) in [6.45, 7) is 0.234. The molecule has 0 aliphatic heterocycles. The van der Waals surface area contributed by atoms with Gasteiger partial charge in [0, 0.05) is 0 Å². The predicted molar refractivity (Wildman–Crippen MR) is 56.9 cm³/mol. The Kier molecular flexibility index (Phi) is 2.63. The van der Waals surface area contributed by atoms with Gasteiger partial charge in [0.1, 0.15) is 12.1 Å². The maximum absolute atomic E-state index is 11.5. The van der Waals surface area contributed by atoms with E-state index in [0.717, 1.165) is 5.56 Å². The molecule has 2 atom stereocenters. The third-order valence-electron chi connectivity index (χ3n) is 2.72. The van der Waals surface area contributed by atoms with Crippen LogP contribution in [0.5, 0.6) is 0 Å². The van der Waals surface area contributed by atoms with E-state index in [-0.39, 0.29) is 12.6 Å². The van der Waals surface area contributed by atoms with E-state index in [1.807, 2.05) is 36.4 Å². The third kappa shape index (κ3) is 2.05. The summed E-state index contributed by atoms with van der Waals surface area (Å²) in [4.78, 5) is 11.5. The first kappa shape index (κ1) is 10.7. The van der Waals surface area contributed by atoms with Gasteiger partial charge in [-0.05, 0) is 12.0 Å². The van der Waals surface area contributed by atoms with Gasteiger partial charge in [0.05, 0.1) is 12.0 Å². The average Bonchev–Trinajstić information content (AvgIpc) is 3.01. The Labute approximate surface area is 93.6 Å². The number of ether oxygens (including phenoxy) is 1. The number of hydrogen-bond donors (Lipinski definition) is 1. The highest BCUT2D eigenvalue weighted by Crippen LogP contribution is 2.41. The van der Waals surface area contributed by atoms with Crippen LogP contribution in [0.1, 0.15) is 12.0 Å². The molecular formula is C12H12N2O2. The summed E-state index contributed by atoms with van der Waals surface area (Å²) in [6.07, 6.45) is 0.400. The zero-order valence-electron chi connectivity index (χ0n) is 8.72. The van der Waals surface area contributed by atoms with Crippen molar-refractivity contribution in [2.24, 2.45) is 11.7 Å². The van der Waals surface area contributed by atoms with Crippen LogP contribution in [-0.2, 0) is 16.1 Å². The maximum Gasteiger partial charge on any atom is 0.312 e. The van der Waals surface area contributed by atoms with Crippen molar-refractivity contribution in [1.82, 2.24) is 0 Å². The van der Waals surface area contributed by atoms with Gasteiger partial charge in [-0.25, -0.2) is 0 Å². The predicted octanol–water partition coefficient (Wildman–Crippen LogP) is 0.971. The van der Waals surface area contributed by atoms with E-state index in [1.165, 1.54) is 0 Å². The molecule has 1 aliphatic rings. The Morgan fingerprint density at radius 3 is 2.81 bits per heavy atom. The Bertz CT molecular complexity index is 438. The molecule has 1 aliphatic carbocycles. The Morgan fingerprint density at radius 1 is 1.56 bits per heavy atom. The molecule has 82 valence electrons. The summed E-state index contributed by atoms with van der Waals surface area (Å²) in [6, 6.07) is 11.3. The molecule has 1 aromatic carbocycles. The van der Waals surface area contributed by atoms with Crippen LogP contribution in [0.4, 0.5) is 0 Å². The average molecular weight is 216 g/mol. The van der Waals surface area contributed by atoms with Crippen LogP contribution in [0.3, 0.4) is 0 Å². The quantitative estimate of drug-likeness (QED) is 0.764. The lowest BCUT2D eigenvalue weighted by Crippen LogP contribution is -2.26. The fourth-order valence-electron chi connectivity index (χ4n) is 1.53. The monoisotopic (exact) mass is 216 g/mol. The molecule has 0 radical (unpaired) electrons. The van der Waals surface area contributed by atoms with Gasteiger partial charge in [-0.2, -0.15) is 5.26 Å². The van der Waals surface area contributed by atoms with E-state index in [2.05, 4.69) is 0 Å². The standard InChI is InChI=1S/C12H12N2O2/c13-8-12(14)6-10(12)11(15)16-7-9-4-2-1-3-5-9/h1-5,10H,6-7,14H2. The van der Waals surface area contributed by atoms with Crippen LogP contribution in [0, 0.1) is 17.2 Å². The molecule has 0 heterocycles. The zero-order chi connectivity index (χ0) is 11.6. The summed E-state index contributed by atoms with van der Waals surface area (Å²) < 4.78 is 5.08. The maximum atomic E-state index is 11.5. The molecular weight excluding hydrogens is 204 g/mol. The van der Waals surface area contributed by atoms with Crippen molar-refractivity contribution in [1.29, 1.82) is 5.26 Å². The first-order chi connectivity index (χ1) is 7.65. The Morgan fingerprint density at radius 2 is 2.25 bits per heavy atom. The molecule has 4 nitrogen and oxygen atoms in total. The summed E-state index contributed by atoms with van der Waals surface area (Å²) >= 11 is 0. The van der Waals surface area contributed by atoms with E-state index in [0.29, 0.717) is 6.42 Å². The lowest BCUT2D eigenvalue weighted by Gasteiger charge is -2.04. The van der Waals surface area contributed by atoms with Crippen LogP contribution in [0.25, 0.3) is 0 Å². The van der Waals surface area contributed by atoms with Crippen LogP contribution in [0.15, 0.2) is 30.3 Å². The molecule has 2 unspecified atom stereocenters. The summed E-state index contributed by atoms with van der Waals surface area (Å²) in [5, 5.41) is 8.69. The van der Waals surface area contributed by atoms with Crippen molar-refractivity contribution in [3.63, 3.8) is 0 Å². The lowest BCUT2D eigenvalue weighted by molar-refractivity contribution is -0.146. The van der Waals surface area contributed by atoms with Gasteiger partial charge in [0.2, 0.25) is 0 Å². The largest absolute Gasteiger partial charge is 0.461 e. The fourth-order valence-corrected chi connectivity index (χ4v) is 1.53. The molecule has 0 spiro atoms. The van der Waals surface area contributed by atoms with Crippen molar-refractivity contribution >= 4 is 5.97 Å². The smallest absolute Gasteiger partial charge is 0.312 e. The first-order valence-electron chi connectivity index (χ1n) is 5.06. The van der Waals surface area contributed by atoms with Gasteiger partial charge < -0.3 is 10.5 Å². The number of rotatable bonds is 3. The minimum atomic E-state index is -0.992. The van der Waals surface area contributed by atoms with Crippen molar-refractivity contribution in [2.45, 2.75) is 18.6 Å². The third-order valence-corrected chi connectivity index (χ3v) is 2.72. The Balaban J connectivity index is 1.85. The lowest BCUT2D eigenvalue weighted by atomic mass is 10.2. The molecule has 2 N–H and O–H groups in total. The van der Waals surface area contributed by atoms with Gasteiger partial charge in [-0.3, -0.25) is 4.79 Å². The van der Waals surface area contributed by atoms with E-state index in [9.17, 15) is 4.79 Å². The highest BCUT2D eigenvalue weighted by Gasteiger charge is 2.57. The summed E-state index contributed by atoms with van der Waals surface area (Å²) in [5.74, 6) is -0.839. The number of benzene rings is 1. The minimum absolute atomic E-state index is 0.234. The fraction of sp³-hybridized carbons (Fsp3) is 0.333. The zero-order valence-corrected chi connectivity index (χ0v) is 8.72. The van der Waals surface area contributed by atoms with Gasteiger partial charge >= 0.3 is 5.97 Å². The molecule has 16 heavy (non-hydrogen) atoms. The highest BCUT2D eigenvalue weighted by atomic mass is 16.5. The van der Waals surface area contributed by atoms with E-state index in [1.54, 1.807) is 0 Å². The van der Waals surface area contributed by atoms with Crippen molar-refractivity contribution in [2.75, 3.05) is 0 Å². The summed E-state index contributed by atoms with van der Waals surface area (Å²) in [5.41, 5.74) is 5.53. The van der Waals surface area contributed by atoms with E-state index >= 15 is 0 Å². The van der Waals surface area contributed by atoms with Crippen LogP contribution >= 0.6 is 0 Å². The molecule has 0 saturated heterocycles. The van der Waals surface area contributed by atoms with E-state index in [4.69, 9.17) is 15.7 Å². The second-order valence-electron chi connectivity index (χ2n) is 4.00. The first-order valence-corrected chi connectivity index (χ1v) is 5.06. The number of esters is 1. The molecule has 1 fully saturated rings. The minimum Gasteiger partial charge on any atom is -0.461 e. The molecule has 4 heteroatoms. The Hall–Kier alpha value is -1.86. The second kappa shape index (κ2) is 3.95. The molecule has 0 aromatic heterocycles. The SMILES string of the molecule is N#CC1(N)CC1C(=O)OCc1ccccc1. The molecule has 0 amide bonds. The topological polar surface area (TPSA) is 76.1 Å². The number of carbonyl (C=O) groups is 1. The molecule has 2 rings (SSSR count). The van der Waals surface area contributed by atoms with Gasteiger partial charge in [0.15, 0.2) is 0 Å². The van der Waals surface area contributed by atoms with Crippen molar-refractivity contribution in [3.8, 4) is 6.07 Å². The van der Waals surface area contributed by atoms with Gasteiger partial charge in [0.25, 0.3) is 0 Å². The van der Waals surface area contributed by atoms with Gasteiger partial charge in [-0.1, -0.05) is 30.3 Å². The molecule has 1 saturated carbocycles.